The molecular weight excluding hydrogens is 314 g/mol. The van der Waals surface area contributed by atoms with Crippen LogP contribution in [0.4, 0.5) is 0 Å². The second-order valence-electron chi connectivity index (χ2n) is 4.46. The maximum absolute atomic E-state index is 11.3. The van der Waals surface area contributed by atoms with E-state index in [1.807, 2.05) is 4.90 Å². The van der Waals surface area contributed by atoms with Crippen molar-refractivity contribution in [2.45, 2.75) is 13.0 Å². The number of carbonyl (C=O) groups is 1. The normalized spacial score (nSPS) is 18.9. The Hall–Kier alpha value is -0.430. The highest BCUT2D eigenvalue weighted by Crippen LogP contribution is 2.29. The Morgan fingerprint density at radius 3 is 2.61 bits per heavy atom. The van der Waals surface area contributed by atoms with E-state index in [0.29, 0.717) is 6.54 Å². The fourth-order valence-electron chi connectivity index (χ4n) is 2.30. The van der Waals surface area contributed by atoms with Crippen LogP contribution in [-0.4, -0.2) is 48.4 Å². The first kappa shape index (κ1) is 14.0. The van der Waals surface area contributed by atoms with Crippen LogP contribution in [-0.2, 0) is 4.79 Å². The van der Waals surface area contributed by atoms with Crippen molar-refractivity contribution in [3.63, 3.8) is 0 Å². The van der Waals surface area contributed by atoms with E-state index in [4.69, 9.17) is 5.73 Å². The summed E-state index contributed by atoms with van der Waals surface area (Å²) >= 11 is 5.21. The molecule has 0 spiro atoms. The predicted octanol–water partition coefficient (Wildman–Crippen LogP) is 1.67. The average molecular weight is 332 g/mol. The number of halogens is 1. The molecule has 100 valence electrons. The van der Waals surface area contributed by atoms with Gasteiger partial charge in [0.15, 0.2) is 0 Å². The molecule has 1 aliphatic heterocycles. The third-order valence-corrected chi connectivity index (χ3v) is 5.13. The molecule has 2 heterocycles. The van der Waals surface area contributed by atoms with E-state index in [0.717, 1.165) is 30.7 Å². The fourth-order valence-corrected chi connectivity index (χ4v) is 3.89. The first-order valence-electron chi connectivity index (χ1n) is 6.05. The van der Waals surface area contributed by atoms with Gasteiger partial charge in [-0.15, -0.1) is 11.3 Å². The number of piperazine rings is 1. The molecule has 1 unspecified atom stereocenters. The number of hydrogen-bond acceptors (Lipinski definition) is 4. The van der Waals surface area contributed by atoms with Crippen molar-refractivity contribution in [1.29, 1.82) is 0 Å². The van der Waals surface area contributed by atoms with Crippen molar-refractivity contribution < 1.29 is 4.79 Å². The first-order chi connectivity index (χ1) is 8.61. The molecule has 1 fully saturated rings. The molecule has 0 aliphatic carbocycles. The summed E-state index contributed by atoms with van der Waals surface area (Å²) in [4.78, 5) is 16.9. The SMILES string of the molecule is CC(=O)N1CCN(C(CN)c2cc(Br)cs2)CC1. The topological polar surface area (TPSA) is 49.6 Å². The van der Waals surface area contributed by atoms with Crippen molar-refractivity contribution in [2.24, 2.45) is 5.73 Å². The molecule has 0 bridgehead atoms. The number of rotatable bonds is 3. The zero-order valence-electron chi connectivity index (χ0n) is 10.4. The lowest BCUT2D eigenvalue weighted by atomic mass is 10.1. The molecule has 1 aliphatic rings. The van der Waals surface area contributed by atoms with E-state index < -0.39 is 0 Å². The molecule has 4 nitrogen and oxygen atoms in total. The molecule has 1 atom stereocenters. The van der Waals surface area contributed by atoms with Gasteiger partial charge in [0.1, 0.15) is 0 Å². The highest BCUT2D eigenvalue weighted by Gasteiger charge is 2.25. The molecule has 1 saturated heterocycles. The standard InChI is InChI=1S/C12H18BrN3OS/c1-9(17)15-2-4-16(5-3-15)11(7-14)12-6-10(13)8-18-12/h6,8,11H,2-5,7,14H2,1H3. The van der Waals surface area contributed by atoms with Gasteiger partial charge in [0.05, 0.1) is 6.04 Å². The van der Waals surface area contributed by atoms with Gasteiger partial charge >= 0.3 is 0 Å². The zero-order valence-corrected chi connectivity index (χ0v) is 12.8. The third kappa shape index (κ3) is 3.12. The third-order valence-electron chi connectivity index (χ3n) is 3.34. The van der Waals surface area contributed by atoms with Gasteiger partial charge in [-0.2, -0.15) is 0 Å². The molecular formula is C12H18BrN3OS. The summed E-state index contributed by atoms with van der Waals surface area (Å²) in [5.41, 5.74) is 5.91. The van der Waals surface area contributed by atoms with E-state index >= 15 is 0 Å². The van der Waals surface area contributed by atoms with Crippen LogP contribution >= 0.6 is 27.3 Å². The molecule has 1 amide bonds. The lowest BCUT2D eigenvalue weighted by Gasteiger charge is -2.38. The average Bonchev–Trinajstić information content (AvgIpc) is 2.77. The summed E-state index contributed by atoms with van der Waals surface area (Å²) in [5.74, 6) is 0.165. The number of nitrogens with two attached hydrogens (primary N) is 1. The highest BCUT2D eigenvalue weighted by molar-refractivity contribution is 9.10. The van der Waals surface area contributed by atoms with Crippen molar-refractivity contribution in [2.75, 3.05) is 32.7 Å². The van der Waals surface area contributed by atoms with E-state index in [9.17, 15) is 4.79 Å². The van der Waals surface area contributed by atoms with Crippen LogP contribution in [0.1, 0.15) is 17.8 Å². The van der Waals surface area contributed by atoms with Crippen LogP contribution in [0.2, 0.25) is 0 Å². The molecule has 0 saturated carbocycles. The predicted molar refractivity (Wildman–Crippen MR) is 77.6 cm³/mol. The van der Waals surface area contributed by atoms with Gasteiger partial charge in [0, 0.05) is 54.4 Å². The van der Waals surface area contributed by atoms with Crippen LogP contribution in [0, 0.1) is 0 Å². The number of hydrogen-bond donors (Lipinski definition) is 1. The minimum absolute atomic E-state index is 0.165. The summed E-state index contributed by atoms with van der Waals surface area (Å²) in [6.45, 7) is 5.66. The summed E-state index contributed by atoms with van der Waals surface area (Å²) < 4.78 is 1.11. The van der Waals surface area contributed by atoms with Crippen LogP contribution in [0.3, 0.4) is 0 Å². The van der Waals surface area contributed by atoms with Crippen LogP contribution in [0.15, 0.2) is 15.9 Å². The Kier molecular flexibility index (Phi) is 4.77. The number of nitrogens with zero attached hydrogens (tertiary/aromatic N) is 2. The first-order valence-corrected chi connectivity index (χ1v) is 7.72. The van der Waals surface area contributed by atoms with Crippen LogP contribution in [0.25, 0.3) is 0 Å². The Morgan fingerprint density at radius 1 is 1.50 bits per heavy atom. The van der Waals surface area contributed by atoms with Gasteiger partial charge in [-0.05, 0) is 22.0 Å². The summed E-state index contributed by atoms with van der Waals surface area (Å²) in [5, 5.41) is 2.09. The molecule has 2 rings (SSSR count). The minimum atomic E-state index is 0.165. The minimum Gasteiger partial charge on any atom is -0.340 e. The van der Waals surface area contributed by atoms with Gasteiger partial charge in [-0.25, -0.2) is 0 Å². The van der Waals surface area contributed by atoms with Gasteiger partial charge in [-0.1, -0.05) is 0 Å². The monoisotopic (exact) mass is 331 g/mol. The van der Waals surface area contributed by atoms with Gasteiger partial charge in [-0.3, -0.25) is 9.69 Å². The van der Waals surface area contributed by atoms with Crippen molar-refractivity contribution in [3.8, 4) is 0 Å². The van der Waals surface area contributed by atoms with E-state index in [1.165, 1.54) is 4.88 Å². The van der Waals surface area contributed by atoms with E-state index in [-0.39, 0.29) is 11.9 Å². The Bertz CT molecular complexity index is 415. The molecule has 1 aromatic rings. The van der Waals surface area contributed by atoms with E-state index in [2.05, 4.69) is 32.3 Å². The van der Waals surface area contributed by atoms with Crippen molar-refractivity contribution >= 4 is 33.2 Å². The lowest BCUT2D eigenvalue weighted by molar-refractivity contribution is -0.130. The summed E-state index contributed by atoms with van der Waals surface area (Å²) in [7, 11) is 0. The molecule has 0 radical (unpaired) electrons. The van der Waals surface area contributed by atoms with Crippen molar-refractivity contribution in [3.05, 3.63) is 20.8 Å². The smallest absolute Gasteiger partial charge is 0.219 e. The van der Waals surface area contributed by atoms with Gasteiger partial charge in [0.25, 0.3) is 0 Å². The zero-order chi connectivity index (χ0) is 13.1. The molecule has 6 heteroatoms. The molecule has 1 aromatic heterocycles. The van der Waals surface area contributed by atoms with Gasteiger partial charge in [0.2, 0.25) is 5.91 Å². The largest absolute Gasteiger partial charge is 0.340 e. The summed E-state index contributed by atoms with van der Waals surface area (Å²) in [6.07, 6.45) is 0. The Labute approximate surface area is 120 Å². The maximum atomic E-state index is 11.3. The van der Waals surface area contributed by atoms with Gasteiger partial charge < -0.3 is 10.6 Å². The second kappa shape index (κ2) is 6.14. The lowest BCUT2D eigenvalue weighted by Crippen LogP contribution is -2.50. The van der Waals surface area contributed by atoms with Crippen molar-refractivity contribution in [1.82, 2.24) is 9.80 Å². The quantitative estimate of drug-likeness (QED) is 0.916. The number of amides is 1. The molecule has 0 aromatic carbocycles. The van der Waals surface area contributed by atoms with Crippen LogP contribution in [0.5, 0.6) is 0 Å². The Balaban J connectivity index is 2.00. The molecule has 2 N–H and O–H groups in total. The second-order valence-corrected chi connectivity index (χ2v) is 6.32. The summed E-state index contributed by atoms with van der Waals surface area (Å²) in [6, 6.07) is 2.41. The van der Waals surface area contributed by atoms with Crippen LogP contribution < -0.4 is 5.73 Å². The highest BCUT2D eigenvalue weighted by atomic mass is 79.9. The molecule has 18 heavy (non-hydrogen) atoms. The Morgan fingerprint density at radius 2 is 2.17 bits per heavy atom. The maximum Gasteiger partial charge on any atom is 0.219 e. The number of carbonyl (C=O) groups excluding carboxylic acids is 1. The van der Waals surface area contributed by atoms with E-state index in [1.54, 1.807) is 18.3 Å². The fraction of sp³-hybridized carbons (Fsp3) is 0.583. The number of thiophene rings is 1.